The molecule has 1 atom stereocenters. The number of rotatable bonds is 5. The first-order valence-electron chi connectivity index (χ1n) is 9.79. The van der Waals surface area contributed by atoms with Crippen molar-refractivity contribution in [3.8, 4) is 0 Å². The normalized spacial score (nSPS) is 16.8. The van der Waals surface area contributed by atoms with E-state index in [2.05, 4.69) is 5.32 Å². The van der Waals surface area contributed by atoms with Gasteiger partial charge in [-0.25, -0.2) is 4.79 Å². The van der Waals surface area contributed by atoms with E-state index in [4.69, 9.17) is 0 Å². The molecule has 0 bridgehead atoms. The van der Waals surface area contributed by atoms with Crippen LogP contribution in [0.5, 0.6) is 0 Å². The highest BCUT2D eigenvalue weighted by Gasteiger charge is 2.27. The second-order valence-corrected chi connectivity index (χ2v) is 7.42. The van der Waals surface area contributed by atoms with Gasteiger partial charge >= 0.3 is 5.69 Å². The van der Waals surface area contributed by atoms with Crippen LogP contribution in [-0.2, 0) is 24.9 Å². The number of hydrogen-bond acceptors (Lipinski definition) is 4. The van der Waals surface area contributed by atoms with Gasteiger partial charge in [-0.3, -0.25) is 18.7 Å². The number of piperidine rings is 1. The Morgan fingerprint density at radius 3 is 2.61 bits per heavy atom. The minimum absolute atomic E-state index is 0.0134. The Labute approximate surface area is 164 Å². The van der Waals surface area contributed by atoms with Crippen LogP contribution in [-0.4, -0.2) is 28.1 Å². The van der Waals surface area contributed by atoms with Gasteiger partial charge in [-0.1, -0.05) is 29.8 Å². The van der Waals surface area contributed by atoms with Crippen LogP contribution in [0.3, 0.4) is 0 Å². The van der Waals surface area contributed by atoms with Crippen molar-refractivity contribution >= 4 is 11.7 Å². The predicted octanol–water partition coefficient (Wildman–Crippen LogP) is 1.41. The third-order valence-corrected chi connectivity index (χ3v) is 5.40. The Balaban J connectivity index is 1.72. The van der Waals surface area contributed by atoms with Gasteiger partial charge in [-0.2, -0.15) is 0 Å². The van der Waals surface area contributed by atoms with Gasteiger partial charge in [0.25, 0.3) is 5.56 Å². The summed E-state index contributed by atoms with van der Waals surface area (Å²) in [5.74, 6) is 0.454. The molecule has 7 heteroatoms. The average molecular weight is 384 g/mol. The Kier molecular flexibility index (Phi) is 6.02. The fourth-order valence-corrected chi connectivity index (χ4v) is 3.66. The van der Waals surface area contributed by atoms with Crippen molar-refractivity contribution in [1.82, 2.24) is 14.5 Å². The molecular formula is C21H28N4O3. The highest BCUT2D eigenvalue weighted by Crippen LogP contribution is 2.22. The van der Waals surface area contributed by atoms with Crippen LogP contribution in [0.15, 0.2) is 39.9 Å². The minimum Gasteiger partial charge on any atom is -0.357 e. The zero-order valence-electron chi connectivity index (χ0n) is 16.8. The molecule has 1 amide bonds. The first-order valence-corrected chi connectivity index (χ1v) is 9.79. The number of anilines is 1. The lowest BCUT2D eigenvalue weighted by Crippen LogP contribution is -2.47. The predicted molar refractivity (Wildman–Crippen MR) is 110 cm³/mol. The highest BCUT2D eigenvalue weighted by molar-refractivity contribution is 5.79. The lowest BCUT2D eigenvalue weighted by Gasteiger charge is -2.34. The molecule has 7 nitrogen and oxygen atoms in total. The van der Waals surface area contributed by atoms with Crippen molar-refractivity contribution in [2.45, 2.75) is 39.8 Å². The van der Waals surface area contributed by atoms with E-state index >= 15 is 0 Å². The van der Waals surface area contributed by atoms with Gasteiger partial charge in [0.1, 0.15) is 5.82 Å². The third kappa shape index (κ3) is 4.18. The van der Waals surface area contributed by atoms with Gasteiger partial charge in [0.15, 0.2) is 0 Å². The summed E-state index contributed by atoms with van der Waals surface area (Å²) in [5, 5.41) is 3.02. The molecule has 28 heavy (non-hydrogen) atoms. The molecule has 2 heterocycles. The molecule has 150 valence electrons. The third-order valence-electron chi connectivity index (χ3n) is 5.40. The molecule has 0 aliphatic carbocycles. The minimum atomic E-state index is -0.323. The first kappa shape index (κ1) is 19.9. The van der Waals surface area contributed by atoms with Crippen LogP contribution in [0.25, 0.3) is 0 Å². The average Bonchev–Trinajstić information content (AvgIpc) is 2.71. The van der Waals surface area contributed by atoms with Gasteiger partial charge in [0.2, 0.25) is 5.91 Å². The van der Waals surface area contributed by atoms with Gasteiger partial charge in [0.05, 0.1) is 5.92 Å². The van der Waals surface area contributed by atoms with Gasteiger partial charge in [-0.05, 0) is 32.3 Å². The molecule has 1 fully saturated rings. The number of nitrogens with zero attached hydrogens (tertiary/aromatic N) is 3. The lowest BCUT2D eigenvalue weighted by atomic mass is 9.97. The van der Waals surface area contributed by atoms with Crippen LogP contribution in [0.1, 0.15) is 30.9 Å². The van der Waals surface area contributed by atoms with E-state index in [0.29, 0.717) is 25.5 Å². The second kappa shape index (κ2) is 8.46. The first-order chi connectivity index (χ1) is 13.4. The zero-order chi connectivity index (χ0) is 20.3. The van der Waals surface area contributed by atoms with Crippen molar-refractivity contribution in [3.63, 3.8) is 0 Å². The Hall–Kier alpha value is -2.83. The summed E-state index contributed by atoms with van der Waals surface area (Å²) in [6.07, 6.45) is 1.65. The fourth-order valence-electron chi connectivity index (χ4n) is 3.66. The second-order valence-electron chi connectivity index (χ2n) is 7.42. The number of aryl methyl sites for hydroxylation is 1. The summed E-state index contributed by atoms with van der Waals surface area (Å²) in [6.45, 7) is 6.13. The van der Waals surface area contributed by atoms with Crippen LogP contribution < -0.4 is 21.5 Å². The van der Waals surface area contributed by atoms with E-state index in [1.54, 1.807) is 4.57 Å². The van der Waals surface area contributed by atoms with Crippen molar-refractivity contribution in [1.29, 1.82) is 0 Å². The van der Waals surface area contributed by atoms with Crippen molar-refractivity contribution in [2.24, 2.45) is 13.0 Å². The van der Waals surface area contributed by atoms with Crippen molar-refractivity contribution in [3.05, 3.63) is 62.3 Å². The summed E-state index contributed by atoms with van der Waals surface area (Å²) in [6, 6.07) is 9.59. The van der Waals surface area contributed by atoms with E-state index < -0.39 is 0 Å². The number of benzene rings is 1. The number of carbonyl (C=O) groups is 1. The SMILES string of the molecule is CCn1c(N2CCCC(C(=O)NCc3ccc(C)cc3)C2)cc(=O)n(C)c1=O. The summed E-state index contributed by atoms with van der Waals surface area (Å²) in [5.41, 5.74) is 1.61. The molecule has 1 saturated heterocycles. The number of carbonyl (C=O) groups excluding carboxylic acids is 1. The van der Waals surface area contributed by atoms with E-state index in [1.807, 2.05) is 43.0 Å². The van der Waals surface area contributed by atoms with Gasteiger partial charge < -0.3 is 10.2 Å². The number of nitrogens with one attached hydrogen (secondary N) is 1. The van der Waals surface area contributed by atoms with Crippen LogP contribution >= 0.6 is 0 Å². The molecule has 1 aliphatic heterocycles. The zero-order valence-corrected chi connectivity index (χ0v) is 16.8. The number of aromatic nitrogens is 2. The van der Waals surface area contributed by atoms with Crippen molar-refractivity contribution in [2.75, 3.05) is 18.0 Å². The maximum Gasteiger partial charge on any atom is 0.332 e. The molecule has 1 aliphatic rings. The van der Waals surface area contributed by atoms with Crippen LogP contribution in [0.2, 0.25) is 0 Å². The van der Waals surface area contributed by atoms with Gasteiger partial charge in [-0.15, -0.1) is 0 Å². The molecule has 3 rings (SSSR count). The quantitative estimate of drug-likeness (QED) is 0.846. The molecular weight excluding hydrogens is 356 g/mol. The molecule has 0 saturated carbocycles. The Bertz CT molecular complexity index is 959. The van der Waals surface area contributed by atoms with E-state index in [9.17, 15) is 14.4 Å². The van der Waals surface area contributed by atoms with Crippen LogP contribution in [0, 0.1) is 12.8 Å². The monoisotopic (exact) mass is 384 g/mol. The molecule has 1 unspecified atom stereocenters. The van der Waals surface area contributed by atoms with E-state index in [0.717, 1.165) is 29.5 Å². The number of hydrogen-bond donors (Lipinski definition) is 1. The Morgan fingerprint density at radius 2 is 1.93 bits per heavy atom. The largest absolute Gasteiger partial charge is 0.357 e. The van der Waals surface area contributed by atoms with E-state index in [1.165, 1.54) is 18.7 Å². The Morgan fingerprint density at radius 1 is 1.21 bits per heavy atom. The molecule has 1 aromatic carbocycles. The molecule has 0 radical (unpaired) electrons. The maximum atomic E-state index is 12.7. The van der Waals surface area contributed by atoms with E-state index in [-0.39, 0.29) is 23.1 Å². The fraction of sp³-hybridized carbons (Fsp3) is 0.476. The molecule has 2 aromatic rings. The number of amides is 1. The maximum absolute atomic E-state index is 12.7. The van der Waals surface area contributed by atoms with Gasteiger partial charge in [0, 0.05) is 39.3 Å². The molecule has 0 spiro atoms. The lowest BCUT2D eigenvalue weighted by molar-refractivity contribution is -0.125. The summed E-state index contributed by atoms with van der Waals surface area (Å²) in [4.78, 5) is 39.2. The topological polar surface area (TPSA) is 76.3 Å². The standard InChI is InChI=1S/C21H28N4O3/c1-4-25-18(12-19(26)23(3)21(25)28)24-11-5-6-17(14-24)20(27)22-13-16-9-7-15(2)8-10-16/h7-10,12,17H,4-6,11,13-14H2,1-3H3,(H,22,27). The summed E-state index contributed by atoms with van der Waals surface area (Å²) >= 11 is 0. The highest BCUT2D eigenvalue weighted by atomic mass is 16.2. The summed E-state index contributed by atoms with van der Waals surface area (Å²) < 4.78 is 2.71. The molecule has 1 aromatic heterocycles. The molecule has 1 N–H and O–H groups in total. The van der Waals surface area contributed by atoms with Crippen molar-refractivity contribution < 1.29 is 4.79 Å². The smallest absolute Gasteiger partial charge is 0.332 e. The summed E-state index contributed by atoms with van der Waals surface area (Å²) in [7, 11) is 1.48. The van der Waals surface area contributed by atoms with Crippen LogP contribution in [0.4, 0.5) is 5.82 Å².